The van der Waals surface area contributed by atoms with Gasteiger partial charge in [0.15, 0.2) is 0 Å². The van der Waals surface area contributed by atoms with Crippen molar-refractivity contribution in [2.24, 2.45) is 0 Å². The third-order valence-corrected chi connectivity index (χ3v) is 5.35. The number of nitrogens with zero attached hydrogens (tertiary/aromatic N) is 1. The Hall–Kier alpha value is -3.71. The van der Waals surface area contributed by atoms with Crippen molar-refractivity contribution in [1.82, 2.24) is 21.0 Å². The lowest BCUT2D eigenvalue weighted by molar-refractivity contribution is -0.124. The fourth-order valence-electron chi connectivity index (χ4n) is 3.64. The SMILES string of the molecule is CC(C)(C)OC(=O)NCCCCC(NC(=O)OC(C)(C)C)C(=O)NCCOCCON1C(=O)c2ccccc2C1=O. The second kappa shape index (κ2) is 15.3. The van der Waals surface area contributed by atoms with E-state index in [1.807, 2.05) is 0 Å². The zero-order valence-electron chi connectivity index (χ0n) is 24.7. The molecule has 1 aromatic carbocycles. The van der Waals surface area contributed by atoms with Crippen LogP contribution in [0, 0.1) is 0 Å². The summed E-state index contributed by atoms with van der Waals surface area (Å²) in [5.41, 5.74) is -0.754. The quantitative estimate of drug-likeness (QED) is 0.223. The van der Waals surface area contributed by atoms with Crippen molar-refractivity contribution in [3.05, 3.63) is 35.4 Å². The van der Waals surface area contributed by atoms with Crippen LogP contribution in [-0.4, -0.2) is 85.1 Å². The molecule has 0 aliphatic carbocycles. The van der Waals surface area contributed by atoms with E-state index in [0.29, 0.717) is 30.9 Å². The molecule has 13 heteroatoms. The first-order chi connectivity index (χ1) is 19.2. The summed E-state index contributed by atoms with van der Waals surface area (Å²) >= 11 is 0. The molecule has 1 aliphatic rings. The number of carbonyl (C=O) groups is 5. The van der Waals surface area contributed by atoms with Crippen molar-refractivity contribution in [2.45, 2.75) is 78.0 Å². The Bertz CT molecular complexity index is 1040. The lowest BCUT2D eigenvalue weighted by Crippen LogP contribution is -2.48. The van der Waals surface area contributed by atoms with Crippen LogP contribution in [-0.2, 0) is 23.8 Å². The molecule has 0 saturated heterocycles. The number of nitrogens with one attached hydrogen (secondary N) is 3. The molecule has 228 valence electrons. The maximum absolute atomic E-state index is 12.8. The van der Waals surface area contributed by atoms with E-state index in [9.17, 15) is 24.0 Å². The zero-order chi connectivity index (χ0) is 30.6. The maximum atomic E-state index is 12.8. The Labute approximate surface area is 240 Å². The third kappa shape index (κ3) is 12.1. The highest BCUT2D eigenvalue weighted by atomic mass is 16.7. The van der Waals surface area contributed by atoms with E-state index in [0.717, 1.165) is 0 Å². The van der Waals surface area contributed by atoms with Crippen molar-refractivity contribution in [1.29, 1.82) is 0 Å². The topological polar surface area (TPSA) is 162 Å². The van der Waals surface area contributed by atoms with Gasteiger partial charge in [0, 0.05) is 13.1 Å². The van der Waals surface area contributed by atoms with E-state index in [1.54, 1.807) is 65.8 Å². The molecule has 0 bridgehead atoms. The number of amides is 5. The van der Waals surface area contributed by atoms with Crippen molar-refractivity contribution in [3.63, 3.8) is 0 Å². The molecule has 3 N–H and O–H groups in total. The summed E-state index contributed by atoms with van der Waals surface area (Å²) in [6.45, 7) is 11.2. The molecule has 1 aromatic rings. The Morgan fingerprint density at radius 1 is 0.780 bits per heavy atom. The fraction of sp³-hybridized carbons (Fsp3) is 0.607. The summed E-state index contributed by atoms with van der Waals surface area (Å²) in [6, 6.07) is 5.60. The zero-order valence-corrected chi connectivity index (χ0v) is 24.7. The van der Waals surface area contributed by atoms with Gasteiger partial charge < -0.3 is 30.2 Å². The molecule has 41 heavy (non-hydrogen) atoms. The number of alkyl carbamates (subject to hydrolysis) is 2. The van der Waals surface area contributed by atoms with Crippen LogP contribution in [0.5, 0.6) is 0 Å². The number of imide groups is 1. The molecular formula is C28H42N4O9. The van der Waals surface area contributed by atoms with Gasteiger partial charge in [-0.2, -0.15) is 0 Å². The van der Waals surface area contributed by atoms with Crippen LogP contribution in [0.25, 0.3) is 0 Å². The van der Waals surface area contributed by atoms with Crippen LogP contribution in [0.2, 0.25) is 0 Å². The number of hydroxylamine groups is 2. The van der Waals surface area contributed by atoms with Gasteiger partial charge in [-0.1, -0.05) is 12.1 Å². The molecule has 1 aliphatic heterocycles. The minimum Gasteiger partial charge on any atom is -0.444 e. The Kier molecular flexibility index (Phi) is 12.5. The molecule has 1 unspecified atom stereocenters. The first kappa shape index (κ1) is 33.5. The standard InChI is InChI=1S/C28H42N4O9/c1-27(2,3)40-25(36)30-14-10-9-13-21(31-26(37)41-28(4,5)6)22(33)29-15-16-38-17-18-39-32-23(34)19-11-7-8-12-20(19)24(32)35/h7-8,11-12,21H,9-10,13-18H2,1-6H3,(H,29,33)(H,30,36)(H,31,37). The molecule has 1 atom stereocenters. The van der Waals surface area contributed by atoms with Crippen LogP contribution < -0.4 is 16.0 Å². The summed E-state index contributed by atoms with van der Waals surface area (Å²) in [5, 5.41) is 8.68. The van der Waals surface area contributed by atoms with Crippen LogP contribution >= 0.6 is 0 Å². The maximum Gasteiger partial charge on any atom is 0.408 e. The van der Waals surface area contributed by atoms with E-state index in [2.05, 4.69) is 16.0 Å². The van der Waals surface area contributed by atoms with Crippen molar-refractivity contribution in [2.75, 3.05) is 32.9 Å². The number of carbonyl (C=O) groups excluding carboxylic acids is 5. The molecule has 0 radical (unpaired) electrons. The fourth-order valence-corrected chi connectivity index (χ4v) is 3.64. The minimum atomic E-state index is -0.858. The summed E-state index contributed by atoms with van der Waals surface area (Å²) in [6.07, 6.45) is 0.180. The van der Waals surface area contributed by atoms with Crippen LogP contribution in [0.1, 0.15) is 81.5 Å². The second-order valence-corrected chi connectivity index (χ2v) is 11.3. The van der Waals surface area contributed by atoms with Gasteiger partial charge in [0.2, 0.25) is 5.91 Å². The van der Waals surface area contributed by atoms with Crippen molar-refractivity contribution < 1.29 is 43.0 Å². The summed E-state index contributed by atoms with van der Waals surface area (Å²) in [7, 11) is 0. The van der Waals surface area contributed by atoms with E-state index in [-0.39, 0.29) is 37.5 Å². The Balaban J connectivity index is 1.71. The molecule has 2 rings (SSSR count). The normalized spacial score (nSPS) is 13.9. The largest absolute Gasteiger partial charge is 0.444 e. The van der Waals surface area contributed by atoms with Gasteiger partial charge in [0.05, 0.1) is 30.9 Å². The van der Waals surface area contributed by atoms with Gasteiger partial charge in [-0.15, -0.1) is 5.06 Å². The first-order valence-corrected chi connectivity index (χ1v) is 13.6. The van der Waals surface area contributed by atoms with Gasteiger partial charge in [0.25, 0.3) is 11.8 Å². The smallest absolute Gasteiger partial charge is 0.408 e. The summed E-state index contributed by atoms with van der Waals surface area (Å²) in [5.74, 6) is -1.47. The highest BCUT2D eigenvalue weighted by Gasteiger charge is 2.36. The van der Waals surface area contributed by atoms with Gasteiger partial charge in [0.1, 0.15) is 17.2 Å². The molecule has 0 saturated carbocycles. The molecule has 0 spiro atoms. The van der Waals surface area contributed by atoms with Crippen molar-refractivity contribution in [3.8, 4) is 0 Å². The molecule has 1 heterocycles. The number of unbranched alkanes of at least 4 members (excludes halogenated alkanes) is 1. The Morgan fingerprint density at radius 3 is 1.95 bits per heavy atom. The van der Waals surface area contributed by atoms with Gasteiger partial charge in [-0.05, 0) is 72.9 Å². The molecule has 13 nitrogen and oxygen atoms in total. The first-order valence-electron chi connectivity index (χ1n) is 13.6. The monoisotopic (exact) mass is 578 g/mol. The lowest BCUT2D eigenvalue weighted by atomic mass is 10.1. The van der Waals surface area contributed by atoms with E-state index in [4.69, 9.17) is 19.0 Å². The second-order valence-electron chi connectivity index (χ2n) is 11.3. The molecule has 0 fully saturated rings. The molecule has 0 aromatic heterocycles. The number of hydrogen-bond acceptors (Lipinski definition) is 9. The van der Waals surface area contributed by atoms with Gasteiger partial charge in [-0.25, -0.2) is 9.59 Å². The number of ether oxygens (including phenoxy) is 3. The van der Waals surface area contributed by atoms with Crippen LogP contribution in [0.4, 0.5) is 9.59 Å². The van der Waals surface area contributed by atoms with E-state index in [1.165, 1.54) is 0 Å². The van der Waals surface area contributed by atoms with E-state index >= 15 is 0 Å². The lowest BCUT2D eigenvalue weighted by Gasteiger charge is -2.23. The summed E-state index contributed by atoms with van der Waals surface area (Å²) < 4.78 is 15.9. The van der Waals surface area contributed by atoms with Crippen LogP contribution in [0.3, 0.4) is 0 Å². The minimum absolute atomic E-state index is 0.0421. The number of fused-ring (bicyclic) bond motifs is 1. The predicted molar refractivity (Wildman–Crippen MR) is 148 cm³/mol. The van der Waals surface area contributed by atoms with Crippen LogP contribution in [0.15, 0.2) is 24.3 Å². The number of hydrogen-bond donors (Lipinski definition) is 3. The number of benzene rings is 1. The predicted octanol–water partition coefficient (Wildman–Crippen LogP) is 2.94. The number of rotatable bonds is 14. The third-order valence-electron chi connectivity index (χ3n) is 5.35. The highest BCUT2D eigenvalue weighted by molar-refractivity contribution is 6.20. The molecule has 5 amide bonds. The van der Waals surface area contributed by atoms with E-state index < -0.39 is 47.2 Å². The summed E-state index contributed by atoms with van der Waals surface area (Å²) in [4.78, 5) is 66.7. The average Bonchev–Trinajstić information content (AvgIpc) is 3.09. The van der Waals surface area contributed by atoms with Gasteiger partial charge in [-0.3, -0.25) is 19.2 Å². The molecular weight excluding hydrogens is 536 g/mol. The average molecular weight is 579 g/mol. The Morgan fingerprint density at radius 2 is 1.37 bits per heavy atom. The highest BCUT2D eigenvalue weighted by Crippen LogP contribution is 2.22. The van der Waals surface area contributed by atoms with Gasteiger partial charge >= 0.3 is 12.2 Å². The van der Waals surface area contributed by atoms with Crippen molar-refractivity contribution >= 4 is 29.9 Å².